The highest BCUT2D eigenvalue weighted by molar-refractivity contribution is 5.95. The van der Waals surface area contributed by atoms with Gasteiger partial charge in [-0.2, -0.15) is 0 Å². The monoisotopic (exact) mass is 312 g/mol. The van der Waals surface area contributed by atoms with Crippen molar-refractivity contribution in [1.82, 2.24) is 15.2 Å². The van der Waals surface area contributed by atoms with Gasteiger partial charge in [0.05, 0.1) is 11.3 Å². The number of hydrogen-bond donors (Lipinski definition) is 1. The van der Waals surface area contributed by atoms with E-state index in [-0.39, 0.29) is 31.0 Å². The van der Waals surface area contributed by atoms with Gasteiger partial charge in [-0.1, -0.05) is 0 Å². The van der Waals surface area contributed by atoms with E-state index in [9.17, 15) is 19.7 Å². The minimum absolute atomic E-state index is 0.0361. The van der Waals surface area contributed by atoms with Crippen molar-refractivity contribution in [1.29, 1.82) is 0 Å². The Morgan fingerprint density at radius 2 is 2.18 bits per heavy atom. The van der Waals surface area contributed by atoms with Crippen molar-refractivity contribution in [2.75, 3.05) is 27.2 Å². The maximum Gasteiger partial charge on any atom is 0.409 e. The zero-order valence-corrected chi connectivity index (χ0v) is 12.1. The molecule has 0 unspecified atom stereocenters. The molecular weight excluding hydrogens is 296 g/mol. The predicted octanol–water partition coefficient (Wildman–Crippen LogP) is 0.218. The summed E-state index contributed by atoms with van der Waals surface area (Å²) in [5, 5.41) is 11.5. The van der Waals surface area contributed by atoms with Crippen LogP contribution in [0.4, 0.5) is 4.79 Å². The minimum atomic E-state index is -0.942. The van der Waals surface area contributed by atoms with E-state index >= 15 is 0 Å². The predicted molar refractivity (Wildman–Crippen MR) is 73.4 cm³/mol. The second kappa shape index (κ2) is 8.39. The molecule has 22 heavy (non-hydrogen) atoms. The number of carbonyl (C=O) groups excluding carboxylic acids is 2. The van der Waals surface area contributed by atoms with Gasteiger partial charge in [-0.3, -0.25) is 9.78 Å². The van der Waals surface area contributed by atoms with Crippen LogP contribution in [0.25, 0.3) is 0 Å². The first-order valence-corrected chi connectivity index (χ1v) is 6.25. The molecule has 120 valence electrons. The molecule has 0 fully saturated rings. The lowest BCUT2D eigenvalue weighted by molar-refractivity contribution is -0.757. The molecule has 1 N–H and O–H groups in total. The Labute approximate surface area is 126 Å². The molecule has 0 bridgehead atoms. The number of nitrogens with one attached hydrogen (secondary N) is 1. The molecular formula is C12H16N4O6. The number of rotatable bonds is 7. The van der Waals surface area contributed by atoms with Gasteiger partial charge in [0.25, 0.3) is 11.0 Å². The largest absolute Gasteiger partial charge is 0.443 e. The van der Waals surface area contributed by atoms with E-state index in [1.54, 1.807) is 6.07 Å². The van der Waals surface area contributed by atoms with Gasteiger partial charge in [0.2, 0.25) is 0 Å². The smallest absolute Gasteiger partial charge is 0.409 e. The standard InChI is InChI=1S/C12H16N4O6/c1-15(2)12(18)21-8-10-9(4-3-5-13-10)11(17)14-6-7-22-16(19)20/h3-5H,6-8H2,1-2H3,(H,14,17). The fourth-order valence-electron chi connectivity index (χ4n) is 1.40. The first-order chi connectivity index (χ1) is 10.4. The normalized spacial score (nSPS) is 9.73. The zero-order chi connectivity index (χ0) is 16.5. The molecule has 1 heterocycles. The van der Waals surface area contributed by atoms with Crippen molar-refractivity contribution >= 4 is 12.0 Å². The number of ether oxygens (including phenoxy) is 1. The van der Waals surface area contributed by atoms with Crippen molar-refractivity contribution in [3.05, 3.63) is 39.7 Å². The Bertz CT molecular complexity index is 548. The summed E-state index contributed by atoms with van der Waals surface area (Å²) in [5.41, 5.74) is 0.501. The van der Waals surface area contributed by atoms with E-state index in [0.29, 0.717) is 0 Å². The lowest BCUT2D eigenvalue weighted by Gasteiger charge is -2.12. The highest BCUT2D eigenvalue weighted by Gasteiger charge is 2.14. The van der Waals surface area contributed by atoms with Crippen LogP contribution < -0.4 is 5.32 Å². The van der Waals surface area contributed by atoms with E-state index in [1.807, 2.05) is 0 Å². The maximum atomic E-state index is 12.0. The Kier molecular flexibility index (Phi) is 6.54. The van der Waals surface area contributed by atoms with E-state index in [0.717, 1.165) is 0 Å². The van der Waals surface area contributed by atoms with E-state index in [1.165, 1.54) is 31.3 Å². The lowest BCUT2D eigenvalue weighted by Crippen LogP contribution is -2.29. The van der Waals surface area contributed by atoms with Crippen molar-refractivity contribution < 1.29 is 24.3 Å². The highest BCUT2D eigenvalue weighted by Crippen LogP contribution is 2.07. The number of hydrogen-bond acceptors (Lipinski definition) is 7. The molecule has 0 aliphatic carbocycles. The van der Waals surface area contributed by atoms with E-state index in [4.69, 9.17) is 4.74 Å². The van der Waals surface area contributed by atoms with Gasteiger partial charge in [-0.15, -0.1) is 10.1 Å². The second-order valence-electron chi connectivity index (χ2n) is 4.26. The molecule has 2 amide bonds. The first kappa shape index (κ1) is 17.1. The average molecular weight is 312 g/mol. The average Bonchev–Trinajstić information content (AvgIpc) is 2.48. The van der Waals surface area contributed by atoms with Crippen molar-refractivity contribution in [3.63, 3.8) is 0 Å². The van der Waals surface area contributed by atoms with Gasteiger partial charge in [0, 0.05) is 26.8 Å². The van der Waals surface area contributed by atoms with Crippen LogP contribution in [0, 0.1) is 10.1 Å². The second-order valence-corrected chi connectivity index (χ2v) is 4.26. The molecule has 0 aromatic carbocycles. The quantitative estimate of drug-likeness (QED) is 0.434. The highest BCUT2D eigenvalue weighted by atomic mass is 16.9. The topological polar surface area (TPSA) is 124 Å². The van der Waals surface area contributed by atoms with Crippen LogP contribution in [0.15, 0.2) is 18.3 Å². The summed E-state index contributed by atoms with van der Waals surface area (Å²) in [4.78, 5) is 42.6. The van der Waals surface area contributed by atoms with E-state index < -0.39 is 17.1 Å². The van der Waals surface area contributed by atoms with E-state index in [2.05, 4.69) is 15.1 Å². The number of amides is 2. The third kappa shape index (κ3) is 5.61. The molecule has 0 aliphatic heterocycles. The molecule has 0 saturated heterocycles. The summed E-state index contributed by atoms with van der Waals surface area (Å²) in [6, 6.07) is 3.06. The molecule has 0 radical (unpaired) electrons. The lowest BCUT2D eigenvalue weighted by atomic mass is 10.2. The minimum Gasteiger partial charge on any atom is -0.443 e. The molecule has 1 aromatic heterocycles. The number of aromatic nitrogens is 1. The van der Waals surface area contributed by atoms with Crippen molar-refractivity contribution in [2.24, 2.45) is 0 Å². The molecule has 1 rings (SSSR count). The van der Waals surface area contributed by atoms with Gasteiger partial charge in [0.15, 0.2) is 0 Å². The fourth-order valence-corrected chi connectivity index (χ4v) is 1.40. The Balaban J connectivity index is 2.60. The molecule has 10 nitrogen and oxygen atoms in total. The van der Waals surface area contributed by atoms with Crippen LogP contribution in [0.1, 0.15) is 16.1 Å². The van der Waals surface area contributed by atoms with Gasteiger partial charge in [-0.05, 0) is 12.1 Å². The Hall–Kier alpha value is -2.91. The van der Waals surface area contributed by atoms with Crippen LogP contribution in [-0.4, -0.2) is 54.2 Å². The van der Waals surface area contributed by atoms with Crippen LogP contribution >= 0.6 is 0 Å². The molecule has 0 atom stereocenters. The third-order valence-corrected chi connectivity index (χ3v) is 2.42. The van der Waals surface area contributed by atoms with Crippen molar-refractivity contribution in [3.8, 4) is 0 Å². The summed E-state index contributed by atoms with van der Waals surface area (Å²) in [6.45, 7) is -0.457. The van der Waals surface area contributed by atoms with Crippen molar-refractivity contribution in [2.45, 2.75) is 6.61 Å². The van der Waals surface area contributed by atoms with Crippen LogP contribution in [0.2, 0.25) is 0 Å². The fraction of sp³-hybridized carbons (Fsp3) is 0.417. The summed E-state index contributed by atoms with van der Waals surface area (Å²) in [7, 11) is 3.06. The maximum absolute atomic E-state index is 12.0. The van der Waals surface area contributed by atoms with Gasteiger partial charge in [0.1, 0.15) is 13.2 Å². The molecule has 1 aromatic rings. The molecule has 0 saturated carbocycles. The molecule has 10 heteroatoms. The molecule has 0 spiro atoms. The number of nitrogens with zero attached hydrogens (tertiary/aromatic N) is 3. The summed E-state index contributed by atoms with van der Waals surface area (Å²) in [6.07, 6.45) is 0.905. The third-order valence-electron chi connectivity index (χ3n) is 2.42. The number of pyridine rings is 1. The Morgan fingerprint density at radius 1 is 1.45 bits per heavy atom. The summed E-state index contributed by atoms with van der Waals surface area (Å²) < 4.78 is 4.97. The first-order valence-electron chi connectivity index (χ1n) is 6.25. The number of carbonyl (C=O) groups is 2. The van der Waals surface area contributed by atoms with Gasteiger partial charge in [-0.25, -0.2) is 4.79 Å². The Morgan fingerprint density at radius 3 is 2.82 bits per heavy atom. The molecule has 0 aliphatic rings. The van der Waals surface area contributed by atoms with Gasteiger partial charge >= 0.3 is 6.09 Å². The SMILES string of the molecule is CN(C)C(=O)OCc1ncccc1C(=O)NCCO[N+](=O)[O-]. The van der Waals surface area contributed by atoms with Crippen LogP contribution in [0.3, 0.4) is 0 Å². The van der Waals surface area contributed by atoms with Crippen LogP contribution in [-0.2, 0) is 16.2 Å². The summed E-state index contributed by atoms with van der Waals surface area (Å²) in [5.74, 6) is -0.490. The van der Waals surface area contributed by atoms with Crippen LogP contribution in [0.5, 0.6) is 0 Å². The zero-order valence-electron chi connectivity index (χ0n) is 12.1. The van der Waals surface area contributed by atoms with Gasteiger partial charge < -0.3 is 19.8 Å². The summed E-state index contributed by atoms with van der Waals surface area (Å²) >= 11 is 0.